The second-order valence-corrected chi connectivity index (χ2v) is 8.60. The largest absolute Gasteiger partial charge is 0.316 e. The minimum Gasteiger partial charge on any atom is -0.316 e. The van der Waals surface area contributed by atoms with Crippen molar-refractivity contribution in [3.8, 4) is 17.5 Å². The van der Waals surface area contributed by atoms with E-state index < -0.39 is 0 Å². The number of carbonyl (C=O) groups excluding carboxylic acids is 1. The molecule has 0 saturated heterocycles. The van der Waals surface area contributed by atoms with Crippen LogP contribution in [0.25, 0.3) is 11.4 Å². The van der Waals surface area contributed by atoms with E-state index in [1.807, 2.05) is 30.3 Å². The quantitative estimate of drug-likeness (QED) is 0.481. The van der Waals surface area contributed by atoms with Crippen LogP contribution in [-0.2, 0) is 17.6 Å². The lowest BCUT2D eigenvalue weighted by molar-refractivity contribution is -0.113. The minimum absolute atomic E-state index is 0.149. The van der Waals surface area contributed by atoms with Gasteiger partial charge in [0, 0.05) is 10.4 Å². The molecule has 4 rings (SSSR count). The highest BCUT2D eigenvalue weighted by molar-refractivity contribution is 7.99. The number of hydrogen-bond acceptors (Lipinski definition) is 6. The fraction of sp³-hybridized carbons (Fsp3) is 0.300. The van der Waals surface area contributed by atoms with Crippen molar-refractivity contribution >= 4 is 34.0 Å². The molecule has 0 bridgehead atoms. The number of nitrogens with zero attached hydrogens (tertiary/aromatic N) is 3. The van der Waals surface area contributed by atoms with E-state index in [1.54, 1.807) is 11.3 Å². The average Bonchev–Trinajstić information content (AvgIpc) is 3.25. The van der Waals surface area contributed by atoms with Crippen LogP contribution in [0.15, 0.2) is 35.5 Å². The van der Waals surface area contributed by atoms with E-state index in [4.69, 9.17) is 0 Å². The molecule has 0 fully saturated rings. The number of nitriles is 1. The van der Waals surface area contributed by atoms with E-state index in [-0.39, 0.29) is 11.7 Å². The molecule has 2 N–H and O–H groups in total. The van der Waals surface area contributed by atoms with Crippen molar-refractivity contribution < 1.29 is 4.79 Å². The lowest BCUT2D eigenvalue weighted by Crippen LogP contribution is -2.14. The Hall–Kier alpha value is -2.63. The van der Waals surface area contributed by atoms with E-state index in [1.165, 1.54) is 23.1 Å². The number of carbonyl (C=O) groups is 1. The first-order valence-corrected chi connectivity index (χ1v) is 11.0. The molecule has 142 valence electrons. The summed E-state index contributed by atoms with van der Waals surface area (Å²) in [5.74, 6) is 0.723. The molecule has 2 heterocycles. The number of fused-ring (bicyclic) bond motifs is 1. The topological polar surface area (TPSA) is 94.5 Å². The molecule has 0 unspecified atom stereocenters. The minimum atomic E-state index is -0.149. The molecule has 1 amide bonds. The summed E-state index contributed by atoms with van der Waals surface area (Å²) in [6, 6.07) is 12.0. The monoisotopic (exact) mass is 409 g/mol. The number of thioether (sulfide) groups is 1. The van der Waals surface area contributed by atoms with Crippen LogP contribution >= 0.6 is 23.1 Å². The average molecular weight is 410 g/mol. The first-order chi connectivity index (χ1) is 13.7. The maximum absolute atomic E-state index is 12.4. The molecule has 1 aromatic carbocycles. The Morgan fingerprint density at radius 1 is 1.25 bits per heavy atom. The molecular formula is C20H19N5OS2. The van der Waals surface area contributed by atoms with E-state index >= 15 is 0 Å². The van der Waals surface area contributed by atoms with Gasteiger partial charge in [0.05, 0.1) is 11.3 Å². The van der Waals surface area contributed by atoms with Crippen LogP contribution in [0.1, 0.15) is 35.3 Å². The molecule has 0 atom stereocenters. The zero-order valence-electron chi connectivity index (χ0n) is 15.2. The lowest BCUT2D eigenvalue weighted by Gasteiger charge is -2.02. The summed E-state index contributed by atoms with van der Waals surface area (Å²) in [6.07, 6.45) is 5.39. The van der Waals surface area contributed by atoms with Crippen LogP contribution < -0.4 is 5.32 Å². The Morgan fingerprint density at radius 2 is 2.07 bits per heavy atom. The van der Waals surface area contributed by atoms with Crippen molar-refractivity contribution in [2.75, 3.05) is 11.1 Å². The summed E-state index contributed by atoms with van der Waals surface area (Å²) in [5, 5.41) is 20.8. The molecule has 0 radical (unpaired) electrons. The Bertz CT molecular complexity index is 1020. The highest BCUT2D eigenvalue weighted by Gasteiger charge is 2.21. The number of aryl methyl sites for hydroxylation is 1. The van der Waals surface area contributed by atoms with Crippen molar-refractivity contribution in [3.63, 3.8) is 0 Å². The van der Waals surface area contributed by atoms with Gasteiger partial charge in [0.2, 0.25) is 11.1 Å². The van der Waals surface area contributed by atoms with Gasteiger partial charge in [-0.1, -0.05) is 48.5 Å². The summed E-state index contributed by atoms with van der Waals surface area (Å²) in [7, 11) is 0. The van der Waals surface area contributed by atoms with Gasteiger partial charge in [0.25, 0.3) is 0 Å². The van der Waals surface area contributed by atoms with Crippen LogP contribution in [-0.4, -0.2) is 26.8 Å². The standard InChI is InChI=1S/C20H19N5OS2/c21-11-15-14-9-5-2-6-10-16(14)28-19(15)22-17(26)12-27-20-23-18(24-25-20)13-7-3-1-4-8-13/h1,3-4,7-8H,2,5-6,9-10,12H2,(H,22,26)(H,23,24,25). The Labute approximate surface area is 171 Å². The zero-order valence-corrected chi connectivity index (χ0v) is 16.8. The van der Waals surface area contributed by atoms with Gasteiger partial charge >= 0.3 is 0 Å². The molecule has 1 aliphatic rings. The highest BCUT2D eigenvalue weighted by atomic mass is 32.2. The van der Waals surface area contributed by atoms with Crippen LogP contribution in [0.4, 0.5) is 5.00 Å². The number of aromatic amines is 1. The number of amides is 1. The number of thiophene rings is 1. The molecule has 1 aliphatic carbocycles. The van der Waals surface area contributed by atoms with Gasteiger partial charge in [0.1, 0.15) is 11.1 Å². The molecule has 0 saturated carbocycles. The fourth-order valence-corrected chi connectivity index (χ4v) is 5.13. The highest BCUT2D eigenvalue weighted by Crippen LogP contribution is 2.37. The van der Waals surface area contributed by atoms with Crippen molar-refractivity contribution in [1.29, 1.82) is 5.26 Å². The summed E-state index contributed by atoms with van der Waals surface area (Å²) in [4.78, 5) is 18.1. The molecule has 6 nitrogen and oxygen atoms in total. The SMILES string of the molecule is N#Cc1c(NC(=O)CSc2n[nH]c(-c3ccccc3)n2)sc2c1CCCCC2. The predicted octanol–water partition coefficient (Wildman–Crippen LogP) is 4.40. The summed E-state index contributed by atoms with van der Waals surface area (Å²) in [6.45, 7) is 0. The van der Waals surface area contributed by atoms with Gasteiger partial charge in [-0.2, -0.15) is 5.26 Å². The van der Waals surface area contributed by atoms with E-state index in [9.17, 15) is 10.1 Å². The number of H-pyrrole nitrogens is 1. The van der Waals surface area contributed by atoms with E-state index in [0.29, 0.717) is 21.5 Å². The van der Waals surface area contributed by atoms with Crippen LogP contribution in [0.2, 0.25) is 0 Å². The maximum Gasteiger partial charge on any atom is 0.235 e. The Balaban J connectivity index is 1.39. The molecule has 28 heavy (non-hydrogen) atoms. The lowest BCUT2D eigenvalue weighted by atomic mass is 10.1. The molecule has 0 aliphatic heterocycles. The van der Waals surface area contributed by atoms with Gasteiger partial charge in [-0.25, -0.2) is 4.98 Å². The molecular weight excluding hydrogens is 390 g/mol. The second kappa shape index (κ2) is 8.59. The van der Waals surface area contributed by atoms with E-state index in [2.05, 4.69) is 26.6 Å². The first-order valence-electron chi connectivity index (χ1n) is 9.19. The third-order valence-electron chi connectivity index (χ3n) is 4.63. The third-order valence-corrected chi connectivity index (χ3v) is 6.69. The molecule has 2 aromatic heterocycles. The third kappa shape index (κ3) is 4.11. The van der Waals surface area contributed by atoms with Crippen molar-refractivity contribution in [1.82, 2.24) is 15.2 Å². The number of rotatable bonds is 5. The summed E-state index contributed by atoms with van der Waals surface area (Å²) in [5.41, 5.74) is 2.73. The molecule has 0 spiro atoms. The van der Waals surface area contributed by atoms with Gasteiger partial charge in [0.15, 0.2) is 5.82 Å². The summed E-state index contributed by atoms with van der Waals surface area (Å²) >= 11 is 2.82. The predicted molar refractivity (Wildman–Crippen MR) is 111 cm³/mol. The van der Waals surface area contributed by atoms with Crippen molar-refractivity contribution in [3.05, 3.63) is 46.3 Å². The van der Waals surface area contributed by atoms with Gasteiger partial charge < -0.3 is 5.32 Å². The molecule has 3 aromatic rings. The number of anilines is 1. The smallest absolute Gasteiger partial charge is 0.235 e. The van der Waals surface area contributed by atoms with Crippen LogP contribution in [0.3, 0.4) is 0 Å². The summed E-state index contributed by atoms with van der Waals surface area (Å²) < 4.78 is 0. The maximum atomic E-state index is 12.4. The zero-order chi connectivity index (χ0) is 19.3. The van der Waals surface area contributed by atoms with Crippen LogP contribution in [0, 0.1) is 11.3 Å². The number of nitrogens with one attached hydrogen (secondary N) is 2. The fourth-order valence-electron chi connectivity index (χ4n) is 3.28. The van der Waals surface area contributed by atoms with E-state index in [0.717, 1.165) is 36.8 Å². The van der Waals surface area contributed by atoms with Gasteiger partial charge in [-0.15, -0.1) is 16.4 Å². The van der Waals surface area contributed by atoms with Crippen molar-refractivity contribution in [2.24, 2.45) is 0 Å². The van der Waals surface area contributed by atoms with Crippen LogP contribution in [0.5, 0.6) is 0 Å². The Morgan fingerprint density at radius 3 is 2.89 bits per heavy atom. The number of benzene rings is 1. The second-order valence-electron chi connectivity index (χ2n) is 6.55. The normalized spacial score (nSPS) is 13.4. The number of hydrogen-bond donors (Lipinski definition) is 2. The van der Waals surface area contributed by atoms with Gasteiger partial charge in [-0.05, 0) is 31.2 Å². The first kappa shape index (κ1) is 18.7. The van der Waals surface area contributed by atoms with Crippen molar-refractivity contribution in [2.45, 2.75) is 37.3 Å². The van der Waals surface area contributed by atoms with Gasteiger partial charge in [-0.3, -0.25) is 9.89 Å². The molecule has 8 heteroatoms. The number of aromatic nitrogens is 3. The Kier molecular flexibility index (Phi) is 5.74.